The largest absolute Gasteiger partial charge is 0.497 e. The molecule has 1 aromatic rings. The lowest BCUT2D eigenvalue weighted by molar-refractivity contribution is -0.140. The van der Waals surface area contributed by atoms with Crippen molar-refractivity contribution in [2.75, 3.05) is 25.5 Å². The van der Waals surface area contributed by atoms with Crippen LogP contribution in [0.4, 0.5) is 23.7 Å². The first-order chi connectivity index (χ1) is 9.71. The molecule has 0 radical (unpaired) electrons. The summed E-state index contributed by atoms with van der Waals surface area (Å²) in [7, 11) is 1.47. The number of alkyl halides is 3. The van der Waals surface area contributed by atoms with Crippen LogP contribution in [0, 0.1) is 5.92 Å². The third-order valence-electron chi connectivity index (χ3n) is 2.56. The van der Waals surface area contributed by atoms with Crippen molar-refractivity contribution in [2.45, 2.75) is 20.0 Å². The van der Waals surface area contributed by atoms with E-state index in [0.29, 0.717) is 11.4 Å². The number of carbonyl (C=O) groups excluding carboxylic acids is 1. The van der Waals surface area contributed by atoms with Crippen LogP contribution in [0.2, 0.25) is 0 Å². The number of amides is 2. The van der Waals surface area contributed by atoms with Crippen molar-refractivity contribution in [1.29, 1.82) is 0 Å². The van der Waals surface area contributed by atoms with Gasteiger partial charge in [-0.25, -0.2) is 4.79 Å². The van der Waals surface area contributed by atoms with Gasteiger partial charge in [0.15, 0.2) is 0 Å². The van der Waals surface area contributed by atoms with Crippen molar-refractivity contribution in [3.8, 4) is 5.75 Å². The Balaban J connectivity index is 2.79. The molecule has 1 aromatic carbocycles. The molecule has 118 valence electrons. The molecule has 21 heavy (non-hydrogen) atoms. The second-order valence-corrected chi connectivity index (χ2v) is 5.05. The fraction of sp³-hybridized carbons (Fsp3) is 0.500. The van der Waals surface area contributed by atoms with Crippen molar-refractivity contribution < 1.29 is 22.7 Å². The highest BCUT2D eigenvalue weighted by Crippen LogP contribution is 2.20. The van der Waals surface area contributed by atoms with Gasteiger partial charge in [-0.3, -0.25) is 0 Å². The lowest BCUT2D eigenvalue weighted by Gasteiger charge is -2.26. The first-order valence-corrected chi connectivity index (χ1v) is 6.48. The van der Waals surface area contributed by atoms with Crippen LogP contribution >= 0.6 is 0 Å². The number of anilines is 1. The number of ether oxygens (including phenoxy) is 1. The molecule has 0 aromatic heterocycles. The van der Waals surface area contributed by atoms with Crippen LogP contribution in [-0.4, -0.2) is 37.3 Å². The predicted molar refractivity (Wildman–Crippen MR) is 74.5 cm³/mol. The van der Waals surface area contributed by atoms with E-state index in [1.54, 1.807) is 38.1 Å². The molecule has 0 unspecified atom stereocenters. The maximum atomic E-state index is 12.5. The molecule has 1 N–H and O–H groups in total. The van der Waals surface area contributed by atoms with E-state index in [4.69, 9.17) is 4.74 Å². The second kappa shape index (κ2) is 7.19. The number of methoxy groups -OCH3 is 1. The molecule has 4 nitrogen and oxygen atoms in total. The molecule has 0 spiro atoms. The predicted octanol–water partition coefficient (Wildman–Crippen LogP) is 3.75. The highest BCUT2D eigenvalue weighted by atomic mass is 19.4. The lowest BCUT2D eigenvalue weighted by atomic mass is 10.2. The summed E-state index contributed by atoms with van der Waals surface area (Å²) < 4.78 is 42.6. The number of hydrogen-bond acceptors (Lipinski definition) is 2. The maximum Gasteiger partial charge on any atom is 0.406 e. The van der Waals surface area contributed by atoms with E-state index in [0.717, 1.165) is 4.90 Å². The first-order valence-electron chi connectivity index (χ1n) is 6.48. The summed E-state index contributed by atoms with van der Waals surface area (Å²) in [5, 5.41) is 2.45. The summed E-state index contributed by atoms with van der Waals surface area (Å²) in [6.45, 7) is 2.25. The Morgan fingerprint density at radius 2 is 2.05 bits per heavy atom. The van der Waals surface area contributed by atoms with Crippen LogP contribution < -0.4 is 10.1 Å². The molecule has 0 aliphatic rings. The van der Waals surface area contributed by atoms with E-state index in [1.807, 2.05) is 0 Å². The molecule has 0 atom stereocenters. The SMILES string of the molecule is COc1cccc(NC(=O)N(CC(C)C)CC(F)(F)F)c1. The molecule has 0 heterocycles. The normalized spacial score (nSPS) is 11.4. The monoisotopic (exact) mass is 304 g/mol. The molecule has 1 rings (SSSR count). The van der Waals surface area contributed by atoms with Gasteiger partial charge in [0.1, 0.15) is 12.3 Å². The zero-order valence-electron chi connectivity index (χ0n) is 12.2. The van der Waals surface area contributed by atoms with Crippen LogP contribution in [0.5, 0.6) is 5.75 Å². The van der Waals surface area contributed by atoms with Gasteiger partial charge in [-0.1, -0.05) is 19.9 Å². The number of carbonyl (C=O) groups is 1. The van der Waals surface area contributed by atoms with E-state index < -0.39 is 18.8 Å². The van der Waals surface area contributed by atoms with Gasteiger partial charge in [0.25, 0.3) is 0 Å². The van der Waals surface area contributed by atoms with Crippen LogP contribution in [-0.2, 0) is 0 Å². The highest BCUT2D eigenvalue weighted by Gasteiger charge is 2.33. The van der Waals surface area contributed by atoms with E-state index in [1.165, 1.54) is 7.11 Å². The number of nitrogens with zero attached hydrogens (tertiary/aromatic N) is 1. The average Bonchev–Trinajstić information content (AvgIpc) is 2.36. The zero-order valence-corrected chi connectivity index (χ0v) is 12.2. The molecule has 0 bridgehead atoms. The fourth-order valence-electron chi connectivity index (χ4n) is 1.78. The summed E-state index contributed by atoms with van der Waals surface area (Å²) in [4.78, 5) is 12.8. The van der Waals surface area contributed by atoms with Crippen molar-refractivity contribution in [2.24, 2.45) is 5.92 Å². The Morgan fingerprint density at radius 3 is 2.57 bits per heavy atom. The van der Waals surface area contributed by atoms with Crippen LogP contribution in [0.3, 0.4) is 0 Å². The maximum absolute atomic E-state index is 12.5. The molecular weight excluding hydrogens is 285 g/mol. The second-order valence-electron chi connectivity index (χ2n) is 5.05. The smallest absolute Gasteiger partial charge is 0.406 e. The van der Waals surface area contributed by atoms with Gasteiger partial charge in [-0.2, -0.15) is 13.2 Å². The molecule has 0 aliphatic carbocycles. The quantitative estimate of drug-likeness (QED) is 0.900. The van der Waals surface area contributed by atoms with E-state index in [-0.39, 0.29) is 12.5 Å². The summed E-state index contributed by atoms with van der Waals surface area (Å²) in [5.74, 6) is 0.447. The lowest BCUT2D eigenvalue weighted by Crippen LogP contribution is -2.43. The third kappa shape index (κ3) is 6.37. The number of halogens is 3. The summed E-state index contributed by atoms with van der Waals surface area (Å²) >= 11 is 0. The van der Waals surface area contributed by atoms with Gasteiger partial charge in [-0.05, 0) is 18.1 Å². The van der Waals surface area contributed by atoms with E-state index >= 15 is 0 Å². The van der Waals surface area contributed by atoms with Gasteiger partial charge in [-0.15, -0.1) is 0 Å². The molecule has 0 saturated heterocycles. The van der Waals surface area contributed by atoms with E-state index in [9.17, 15) is 18.0 Å². The standard InChI is InChI=1S/C14H19F3N2O2/c1-10(2)8-19(9-14(15,16)17)13(20)18-11-5-4-6-12(7-11)21-3/h4-7,10H,8-9H2,1-3H3,(H,18,20). The van der Waals surface area contributed by atoms with Crippen molar-refractivity contribution >= 4 is 11.7 Å². The summed E-state index contributed by atoms with van der Waals surface area (Å²) in [6, 6.07) is 5.66. The Morgan fingerprint density at radius 1 is 1.38 bits per heavy atom. The number of nitrogens with one attached hydrogen (secondary N) is 1. The molecule has 0 fully saturated rings. The highest BCUT2D eigenvalue weighted by molar-refractivity contribution is 5.89. The fourth-order valence-corrected chi connectivity index (χ4v) is 1.78. The van der Waals surface area contributed by atoms with Crippen LogP contribution in [0.1, 0.15) is 13.8 Å². The van der Waals surface area contributed by atoms with Gasteiger partial charge >= 0.3 is 12.2 Å². The Labute approximate surface area is 121 Å². The number of urea groups is 1. The first kappa shape index (κ1) is 17.1. The van der Waals surface area contributed by atoms with Gasteiger partial charge in [0.2, 0.25) is 0 Å². The number of hydrogen-bond donors (Lipinski definition) is 1. The summed E-state index contributed by atoms with van der Waals surface area (Å²) in [5.41, 5.74) is 0.385. The molecule has 0 aliphatic heterocycles. The topological polar surface area (TPSA) is 41.6 Å². The van der Waals surface area contributed by atoms with Crippen LogP contribution in [0.15, 0.2) is 24.3 Å². The van der Waals surface area contributed by atoms with Gasteiger partial charge in [0.05, 0.1) is 7.11 Å². The molecule has 2 amide bonds. The Kier molecular flexibility index (Phi) is 5.87. The van der Waals surface area contributed by atoms with Crippen molar-refractivity contribution in [1.82, 2.24) is 4.90 Å². The molecule has 0 saturated carbocycles. The minimum atomic E-state index is -4.43. The minimum absolute atomic E-state index is 0.0231. The van der Waals surface area contributed by atoms with Gasteiger partial charge in [0, 0.05) is 18.3 Å². The summed E-state index contributed by atoms with van der Waals surface area (Å²) in [6.07, 6.45) is -4.43. The molecule has 7 heteroatoms. The minimum Gasteiger partial charge on any atom is -0.497 e. The van der Waals surface area contributed by atoms with Crippen molar-refractivity contribution in [3.63, 3.8) is 0 Å². The van der Waals surface area contributed by atoms with Gasteiger partial charge < -0.3 is 15.0 Å². The third-order valence-corrected chi connectivity index (χ3v) is 2.56. The van der Waals surface area contributed by atoms with E-state index in [2.05, 4.69) is 5.32 Å². The number of benzene rings is 1. The number of rotatable bonds is 5. The Bertz CT molecular complexity index is 476. The van der Waals surface area contributed by atoms with Crippen molar-refractivity contribution in [3.05, 3.63) is 24.3 Å². The zero-order chi connectivity index (χ0) is 16.0. The average molecular weight is 304 g/mol. The van der Waals surface area contributed by atoms with Crippen LogP contribution in [0.25, 0.3) is 0 Å². The molecular formula is C14H19F3N2O2. The Hall–Kier alpha value is -1.92.